The molecule has 1 atom stereocenters. The molecule has 16 heavy (non-hydrogen) atoms. The van der Waals surface area contributed by atoms with Crippen LogP contribution in [0.1, 0.15) is 6.92 Å². The van der Waals surface area contributed by atoms with Crippen LogP contribution >= 0.6 is 11.7 Å². The standard InChI is InChI=1S/C11H14N4S/c1-8-7-15(6-5-12-8)10-4-2-3-9-11(10)14-16-13-9/h2-4,8,12H,5-7H2,1H3. The molecule has 2 heterocycles. The minimum Gasteiger partial charge on any atom is -0.367 e. The van der Waals surface area contributed by atoms with Gasteiger partial charge in [0.25, 0.3) is 0 Å². The van der Waals surface area contributed by atoms with E-state index in [1.807, 2.05) is 6.07 Å². The van der Waals surface area contributed by atoms with Crippen LogP contribution in [-0.2, 0) is 0 Å². The molecule has 0 amide bonds. The van der Waals surface area contributed by atoms with Crippen LogP contribution in [0, 0.1) is 0 Å². The molecule has 0 bridgehead atoms. The van der Waals surface area contributed by atoms with Crippen LogP contribution in [0.4, 0.5) is 5.69 Å². The normalized spacial score (nSPS) is 21.6. The fourth-order valence-electron chi connectivity index (χ4n) is 2.20. The van der Waals surface area contributed by atoms with Gasteiger partial charge in [-0.05, 0) is 19.1 Å². The first-order valence-corrected chi connectivity index (χ1v) is 6.27. The molecule has 5 heteroatoms. The number of hydrogen-bond acceptors (Lipinski definition) is 5. The van der Waals surface area contributed by atoms with Gasteiger partial charge in [0.15, 0.2) is 0 Å². The first kappa shape index (κ1) is 9.99. The van der Waals surface area contributed by atoms with E-state index in [9.17, 15) is 0 Å². The number of piperazine rings is 1. The maximum atomic E-state index is 4.39. The lowest BCUT2D eigenvalue weighted by molar-refractivity contribution is 0.485. The van der Waals surface area contributed by atoms with Gasteiger partial charge in [0.1, 0.15) is 11.0 Å². The van der Waals surface area contributed by atoms with Gasteiger partial charge < -0.3 is 10.2 Å². The lowest BCUT2D eigenvalue weighted by Crippen LogP contribution is -2.49. The summed E-state index contributed by atoms with van der Waals surface area (Å²) in [6.07, 6.45) is 0. The van der Waals surface area contributed by atoms with E-state index in [2.05, 4.69) is 38.0 Å². The summed E-state index contributed by atoms with van der Waals surface area (Å²) in [5.74, 6) is 0. The highest BCUT2D eigenvalue weighted by atomic mass is 32.1. The highest BCUT2D eigenvalue weighted by Crippen LogP contribution is 2.25. The van der Waals surface area contributed by atoms with Gasteiger partial charge in [0.05, 0.1) is 17.4 Å². The Bertz CT molecular complexity index is 495. The van der Waals surface area contributed by atoms with Gasteiger partial charge >= 0.3 is 0 Å². The molecule has 1 aliphatic rings. The van der Waals surface area contributed by atoms with Gasteiger partial charge in [-0.15, -0.1) is 0 Å². The number of rotatable bonds is 1. The van der Waals surface area contributed by atoms with Crippen molar-refractivity contribution in [2.45, 2.75) is 13.0 Å². The molecule has 1 unspecified atom stereocenters. The van der Waals surface area contributed by atoms with E-state index < -0.39 is 0 Å². The molecule has 0 saturated carbocycles. The molecule has 1 aliphatic heterocycles. The van der Waals surface area contributed by atoms with Crippen LogP contribution in [-0.4, -0.2) is 34.4 Å². The van der Waals surface area contributed by atoms with Crippen molar-refractivity contribution in [3.05, 3.63) is 18.2 Å². The Morgan fingerprint density at radius 1 is 1.44 bits per heavy atom. The van der Waals surface area contributed by atoms with Crippen LogP contribution in [0.15, 0.2) is 18.2 Å². The van der Waals surface area contributed by atoms with Crippen LogP contribution in [0.25, 0.3) is 11.0 Å². The van der Waals surface area contributed by atoms with Crippen molar-refractivity contribution in [2.24, 2.45) is 0 Å². The molecule has 1 fully saturated rings. The third-order valence-corrected chi connectivity index (χ3v) is 3.52. The molecule has 2 aromatic rings. The van der Waals surface area contributed by atoms with E-state index in [1.54, 1.807) is 0 Å². The maximum Gasteiger partial charge on any atom is 0.128 e. The SMILES string of the molecule is CC1CN(c2cccc3nsnc23)CCN1. The Morgan fingerprint density at radius 3 is 3.25 bits per heavy atom. The van der Waals surface area contributed by atoms with Gasteiger partial charge in [-0.25, -0.2) is 0 Å². The highest BCUT2D eigenvalue weighted by molar-refractivity contribution is 7.00. The molecule has 1 N–H and O–H groups in total. The summed E-state index contributed by atoms with van der Waals surface area (Å²) >= 11 is 1.29. The summed E-state index contributed by atoms with van der Waals surface area (Å²) in [5, 5.41) is 3.45. The number of aromatic nitrogens is 2. The fourth-order valence-corrected chi connectivity index (χ4v) is 2.74. The van der Waals surface area contributed by atoms with Gasteiger partial charge in [0.2, 0.25) is 0 Å². The number of benzene rings is 1. The molecule has 4 nitrogen and oxygen atoms in total. The van der Waals surface area contributed by atoms with Crippen molar-refractivity contribution in [1.29, 1.82) is 0 Å². The molecular weight excluding hydrogens is 220 g/mol. The van der Waals surface area contributed by atoms with Gasteiger partial charge in [-0.1, -0.05) is 6.07 Å². The largest absolute Gasteiger partial charge is 0.367 e. The molecule has 0 spiro atoms. The Balaban J connectivity index is 2.01. The first-order chi connectivity index (χ1) is 7.84. The van der Waals surface area contributed by atoms with Gasteiger partial charge in [-0.2, -0.15) is 8.75 Å². The minimum atomic E-state index is 0.538. The average molecular weight is 234 g/mol. The monoisotopic (exact) mass is 234 g/mol. The molecule has 1 aromatic heterocycles. The van der Waals surface area contributed by atoms with Crippen LogP contribution in [0.3, 0.4) is 0 Å². The molecule has 3 rings (SSSR count). The zero-order valence-electron chi connectivity index (χ0n) is 9.18. The molecular formula is C11H14N4S. The van der Waals surface area contributed by atoms with E-state index in [0.717, 1.165) is 30.7 Å². The van der Waals surface area contributed by atoms with Gasteiger partial charge in [-0.3, -0.25) is 0 Å². The second-order valence-electron chi connectivity index (χ2n) is 4.21. The quantitative estimate of drug-likeness (QED) is 0.811. The summed E-state index contributed by atoms with van der Waals surface area (Å²) in [5.41, 5.74) is 3.27. The Hall–Kier alpha value is -1.20. The maximum absolute atomic E-state index is 4.39. The zero-order chi connectivity index (χ0) is 11.0. The predicted molar refractivity (Wildman–Crippen MR) is 67.1 cm³/mol. The summed E-state index contributed by atoms with van der Waals surface area (Å²) in [7, 11) is 0. The lowest BCUT2D eigenvalue weighted by atomic mass is 10.2. The highest BCUT2D eigenvalue weighted by Gasteiger charge is 2.18. The van der Waals surface area contributed by atoms with E-state index in [1.165, 1.54) is 17.4 Å². The minimum absolute atomic E-state index is 0.538. The molecule has 84 valence electrons. The average Bonchev–Trinajstić information content (AvgIpc) is 2.76. The van der Waals surface area contributed by atoms with Crippen molar-refractivity contribution in [3.8, 4) is 0 Å². The third kappa shape index (κ3) is 1.66. The molecule has 1 aromatic carbocycles. The number of hydrogen-bond donors (Lipinski definition) is 1. The van der Waals surface area contributed by atoms with Crippen LogP contribution in [0.5, 0.6) is 0 Å². The van der Waals surface area contributed by atoms with E-state index in [0.29, 0.717) is 6.04 Å². The summed E-state index contributed by atoms with van der Waals surface area (Å²) < 4.78 is 8.67. The predicted octanol–water partition coefficient (Wildman–Crippen LogP) is 1.49. The molecule has 1 saturated heterocycles. The van der Waals surface area contributed by atoms with Gasteiger partial charge in [0, 0.05) is 25.7 Å². The van der Waals surface area contributed by atoms with Crippen LogP contribution < -0.4 is 10.2 Å². The van der Waals surface area contributed by atoms with Crippen molar-refractivity contribution in [3.63, 3.8) is 0 Å². The van der Waals surface area contributed by atoms with E-state index >= 15 is 0 Å². The summed E-state index contributed by atoms with van der Waals surface area (Å²) in [4.78, 5) is 2.39. The second kappa shape index (κ2) is 3.99. The zero-order valence-corrected chi connectivity index (χ0v) is 10.00. The fraction of sp³-hybridized carbons (Fsp3) is 0.455. The van der Waals surface area contributed by atoms with Crippen LogP contribution in [0.2, 0.25) is 0 Å². The summed E-state index contributed by atoms with van der Waals surface area (Å²) in [6, 6.07) is 6.76. The van der Waals surface area contributed by atoms with Crippen molar-refractivity contribution >= 4 is 28.4 Å². The Labute approximate surface area is 98.6 Å². The third-order valence-electron chi connectivity index (χ3n) is 2.97. The Morgan fingerprint density at radius 2 is 2.38 bits per heavy atom. The van der Waals surface area contributed by atoms with E-state index in [4.69, 9.17) is 0 Å². The number of anilines is 1. The van der Waals surface area contributed by atoms with Crippen molar-refractivity contribution < 1.29 is 0 Å². The second-order valence-corrected chi connectivity index (χ2v) is 4.74. The van der Waals surface area contributed by atoms with Crippen molar-refractivity contribution in [2.75, 3.05) is 24.5 Å². The Kier molecular flexibility index (Phi) is 2.49. The van der Waals surface area contributed by atoms with Crippen molar-refractivity contribution in [1.82, 2.24) is 14.1 Å². The number of fused-ring (bicyclic) bond motifs is 1. The smallest absolute Gasteiger partial charge is 0.128 e. The molecule has 0 aliphatic carbocycles. The number of nitrogens with zero attached hydrogens (tertiary/aromatic N) is 3. The lowest BCUT2D eigenvalue weighted by Gasteiger charge is -2.33. The topological polar surface area (TPSA) is 41.1 Å². The van der Waals surface area contributed by atoms with E-state index in [-0.39, 0.29) is 0 Å². The first-order valence-electron chi connectivity index (χ1n) is 5.54. The number of nitrogens with one attached hydrogen (secondary N) is 1. The molecule has 0 radical (unpaired) electrons. The summed E-state index contributed by atoms with van der Waals surface area (Å²) in [6.45, 7) is 5.33.